The molecule has 2 aromatic rings. The number of hydrogen-bond acceptors (Lipinski definition) is 2. The Bertz CT molecular complexity index is 810. The Labute approximate surface area is 169 Å². The van der Waals surface area contributed by atoms with Gasteiger partial charge in [-0.05, 0) is 75.2 Å². The third-order valence-corrected chi connectivity index (χ3v) is 6.96. The molecule has 0 spiro atoms. The number of likely N-dealkylation sites (tertiary alicyclic amines) is 1. The van der Waals surface area contributed by atoms with Gasteiger partial charge in [0.25, 0.3) is 0 Å². The lowest BCUT2D eigenvalue weighted by Crippen LogP contribution is -2.38. The fraction of sp³-hybridized carbons (Fsp3) is 0.480. The molecule has 28 heavy (non-hydrogen) atoms. The Balaban J connectivity index is 1.28. The van der Waals surface area contributed by atoms with Gasteiger partial charge < -0.3 is 9.80 Å². The minimum Gasteiger partial charge on any atom is -0.314 e. The second-order valence-corrected chi connectivity index (χ2v) is 8.77. The summed E-state index contributed by atoms with van der Waals surface area (Å²) >= 11 is 0. The van der Waals surface area contributed by atoms with E-state index < -0.39 is 0 Å². The minimum absolute atomic E-state index is 0.258. The van der Waals surface area contributed by atoms with Crippen molar-refractivity contribution in [3.8, 4) is 0 Å². The fourth-order valence-electron chi connectivity index (χ4n) is 4.99. The van der Waals surface area contributed by atoms with Crippen LogP contribution in [0.25, 0.3) is 0 Å². The standard InChI is InChI=1S/C25H32N2O/c1-25(22-10-6-7-11-23(22)26(2)24(25)28)16-12-21-14-18-27(19-15-21)17-13-20-8-4-3-5-9-20/h3-11,21H,12-19H2,1-2H3. The fourth-order valence-corrected chi connectivity index (χ4v) is 4.99. The quantitative estimate of drug-likeness (QED) is 0.732. The molecule has 1 saturated heterocycles. The molecule has 148 valence electrons. The van der Waals surface area contributed by atoms with E-state index in [1.165, 1.54) is 37.1 Å². The number of amides is 1. The van der Waals surface area contributed by atoms with Crippen LogP contribution >= 0.6 is 0 Å². The minimum atomic E-state index is -0.351. The number of rotatable bonds is 6. The van der Waals surface area contributed by atoms with Crippen molar-refractivity contribution >= 4 is 11.6 Å². The van der Waals surface area contributed by atoms with E-state index in [0.717, 1.165) is 37.4 Å². The van der Waals surface area contributed by atoms with Gasteiger partial charge in [-0.3, -0.25) is 4.79 Å². The molecular formula is C25H32N2O. The molecule has 0 N–H and O–H groups in total. The normalized spacial score (nSPS) is 23.2. The Morgan fingerprint density at radius 3 is 2.43 bits per heavy atom. The lowest BCUT2D eigenvalue weighted by molar-refractivity contribution is -0.122. The van der Waals surface area contributed by atoms with E-state index in [2.05, 4.69) is 60.4 Å². The van der Waals surface area contributed by atoms with Gasteiger partial charge in [0.2, 0.25) is 5.91 Å². The van der Waals surface area contributed by atoms with Gasteiger partial charge in [0, 0.05) is 19.3 Å². The van der Waals surface area contributed by atoms with Crippen molar-refractivity contribution in [3.63, 3.8) is 0 Å². The van der Waals surface area contributed by atoms with Crippen molar-refractivity contribution in [2.75, 3.05) is 31.6 Å². The lowest BCUT2D eigenvalue weighted by atomic mass is 9.76. The molecule has 0 radical (unpaired) electrons. The number of piperidine rings is 1. The molecule has 1 fully saturated rings. The van der Waals surface area contributed by atoms with Crippen LogP contribution in [0, 0.1) is 5.92 Å². The summed E-state index contributed by atoms with van der Waals surface area (Å²) in [4.78, 5) is 17.4. The molecule has 2 heterocycles. The molecule has 1 unspecified atom stereocenters. The van der Waals surface area contributed by atoms with Crippen LogP contribution in [0.4, 0.5) is 5.69 Å². The zero-order chi connectivity index (χ0) is 19.6. The molecule has 0 saturated carbocycles. The predicted molar refractivity (Wildman–Crippen MR) is 116 cm³/mol. The third-order valence-electron chi connectivity index (χ3n) is 6.96. The van der Waals surface area contributed by atoms with Crippen LogP contribution in [-0.2, 0) is 16.6 Å². The molecule has 0 bridgehead atoms. The molecule has 3 nitrogen and oxygen atoms in total. The number of nitrogens with zero attached hydrogens (tertiary/aromatic N) is 2. The molecule has 2 aliphatic rings. The summed E-state index contributed by atoms with van der Waals surface area (Å²) in [5, 5.41) is 0. The lowest BCUT2D eigenvalue weighted by Gasteiger charge is -2.33. The first-order valence-electron chi connectivity index (χ1n) is 10.7. The number of hydrogen-bond donors (Lipinski definition) is 0. The highest BCUT2D eigenvalue weighted by Crippen LogP contribution is 2.44. The first kappa shape index (κ1) is 19.2. The maximum atomic E-state index is 12.9. The van der Waals surface area contributed by atoms with Gasteiger partial charge in [-0.1, -0.05) is 48.5 Å². The second kappa shape index (κ2) is 8.08. The first-order valence-corrected chi connectivity index (χ1v) is 10.7. The van der Waals surface area contributed by atoms with Crippen molar-refractivity contribution in [3.05, 3.63) is 65.7 Å². The summed E-state index contributed by atoms with van der Waals surface area (Å²) in [5.41, 5.74) is 3.38. The Morgan fingerprint density at radius 1 is 1.00 bits per heavy atom. The Morgan fingerprint density at radius 2 is 1.68 bits per heavy atom. The van der Waals surface area contributed by atoms with Crippen molar-refractivity contribution in [1.29, 1.82) is 0 Å². The van der Waals surface area contributed by atoms with Gasteiger partial charge in [-0.15, -0.1) is 0 Å². The van der Waals surface area contributed by atoms with Crippen LogP contribution in [0.3, 0.4) is 0 Å². The van der Waals surface area contributed by atoms with Gasteiger partial charge in [0.1, 0.15) is 0 Å². The molecular weight excluding hydrogens is 344 g/mol. The van der Waals surface area contributed by atoms with Crippen molar-refractivity contribution in [2.45, 2.75) is 44.4 Å². The topological polar surface area (TPSA) is 23.6 Å². The largest absolute Gasteiger partial charge is 0.314 e. The maximum Gasteiger partial charge on any atom is 0.237 e. The van der Waals surface area contributed by atoms with Crippen LogP contribution in [0.5, 0.6) is 0 Å². The van der Waals surface area contributed by atoms with E-state index in [9.17, 15) is 4.79 Å². The van der Waals surface area contributed by atoms with Gasteiger partial charge in [-0.25, -0.2) is 0 Å². The first-order chi connectivity index (χ1) is 13.6. The number of carbonyl (C=O) groups is 1. The molecule has 1 amide bonds. The molecule has 2 aliphatic heterocycles. The van der Waals surface area contributed by atoms with E-state index in [4.69, 9.17) is 0 Å². The van der Waals surface area contributed by atoms with Crippen LogP contribution < -0.4 is 4.90 Å². The van der Waals surface area contributed by atoms with E-state index in [-0.39, 0.29) is 11.3 Å². The van der Waals surface area contributed by atoms with E-state index in [0.29, 0.717) is 0 Å². The zero-order valence-corrected chi connectivity index (χ0v) is 17.2. The average Bonchev–Trinajstić information content (AvgIpc) is 2.94. The van der Waals surface area contributed by atoms with Crippen molar-refractivity contribution in [1.82, 2.24) is 4.90 Å². The second-order valence-electron chi connectivity index (χ2n) is 8.77. The Hall–Kier alpha value is -2.13. The Kier molecular flexibility index (Phi) is 5.54. The molecule has 1 atom stereocenters. The summed E-state index contributed by atoms with van der Waals surface area (Å²) in [6.45, 7) is 5.69. The van der Waals surface area contributed by atoms with Gasteiger partial charge >= 0.3 is 0 Å². The maximum absolute atomic E-state index is 12.9. The number of likely N-dealkylation sites (N-methyl/N-ethyl adjacent to an activating group) is 1. The van der Waals surface area contributed by atoms with E-state index in [1.54, 1.807) is 0 Å². The summed E-state index contributed by atoms with van der Waals surface area (Å²) in [6.07, 6.45) is 5.77. The molecule has 3 heteroatoms. The van der Waals surface area contributed by atoms with E-state index >= 15 is 0 Å². The number of anilines is 1. The number of para-hydroxylation sites is 1. The van der Waals surface area contributed by atoms with Crippen LogP contribution in [0.15, 0.2) is 54.6 Å². The van der Waals surface area contributed by atoms with Gasteiger partial charge in [0.05, 0.1) is 5.41 Å². The molecule has 0 aliphatic carbocycles. The molecule has 4 rings (SSSR count). The van der Waals surface area contributed by atoms with E-state index in [1.807, 2.05) is 18.0 Å². The van der Waals surface area contributed by atoms with Gasteiger partial charge in [0.15, 0.2) is 0 Å². The highest BCUT2D eigenvalue weighted by Gasteiger charge is 2.45. The number of benzene rings is 2. The van der Waals surface area contributed by atoms with Crippen molar-refractivity contribution in [2.24, 2.45) is 5.92 Å². The predicted octanol–water partition coefficient (Wildman–Crippen LogP) is 4.66. The SMILES string of the molecule is CN1C(=O)C(C)(CCC2CCN(CCc3ccccc3)CC2)c2ccccc21. The summed E-state index contributed by atoms with van der Waals surface area (Å²) < 4.78 is 0. The average molecular weight is 377 g/mol. The summed E-state index contributed by atoms with van der Waals surface area (Å²) in [5.74, 6) is 1.00. The molecule has 0 aromatic heterocycles. The van der Waals surface area contributed by atoms with Crippen LogP contribution in [-0.4, -0.2) is 37.5 Å². The summed E-state index contributed by atoms with van der Waals surface area (Å²) in [7, 11) is 1.91. The van der Waals surface area contributed by atoms with Crippen LogP contribution in [0.2, 0.25) is 0 Å². The van der Waals surface area contributed by atoms with Crippen LogP contribution in [0.1, 0.15) is 43.7 Å². The van der Waals surface area contributed by atoms with Crippen molar-refractivity contribution < 1.29 is 4.79 Å². The highest BCUT2D eigenvalue weighted by atomic mass is 16.2. The molecule has 2 aromatic carbocycles. The third kappa shape index (κ3) is 3.73. The van der Waals surface area contributed by atoms with Gasteiger partial charge in [-0.2, -0.15) is 0 Å². The summed E-state index contributed by atoms with van der Waals surface area (Å²) in [6, 6.07) is 19.1. The number of carbonyl (C=O) groups excluding carboxylic acids is 1. The highest BCUT2D eigenvalue weighted by molar-refractivity contribution is 6.07. The zero-order valence-electron chi connectivity index (χ0n) is 17.2. The monoisotopic (exact) mass is 376 g/mol. The smallest absolute Gasteiger partial charge is 0.237 e. The number of fused-ring (bicyclic) bond motifs is 1.